The molecule has 0 fully saturated rings. The zero-order chi connectivity index (χ0) is 12.3. The molecule has 0 aromatic heterocycles. The summed E-state index contributed by atoms with van der Waals surface area (Å²) >= 11 is 1.78. The number of rotatable bonds is 4. The second-order valence-corrected chi connectivity index (χ2v) is 5.04. The summed E-state index contributed by atoms with van der Waals surface area (Å²) in [6, 6.07) is 11.7. The standard InChI is InChI=1S/C15H16OS/c1-3-11(2)10-17-15-9-8-14(16)12-6-4-5-7-13(12)15/h4-9,16H,2-3,10H2,1H3. The average molecular weight is 244 g/mol. The van der Waals surface area contributed by atoms with Crippen molar-refractivity contribution in [3.8, 4) is 5.75 Å². The van der Waals surface area contributed by atoms with Gasteiger partial charge in [0.25, 0.3) is 0 Å². The van der Waals surface area contributed by atoms with Crippen LogP contribution in [-0.4, -0.2) is 10.9 Å². The Morgan fingerprint density at radius 3 is 2.59 bits per heavy atom. The lowest BCUT2D eigenvalue weighted by atomic mass is 10.1. The smallest absolute Gasteiger partial charge is 0.123 e. The summed E-state index contributed by atoms with van der Waals surface area (Å²) < 4.78 is 0. The number of fused-ring (bicyclic) bond motifs is 1. The Bertz CT molecular complexity index is 546. The number of benzene rings is 2. The molecule has 0 bridgehead atoms. The van der Waals surface area contributed by atoms with E-state index in [1.807, 2.05) is 30.3 Å². The zero-order valence-corrected chi connectivity index (χ0v) is 10.8. The minimum absolute atomic E-state index is 0.347. The first-order chi connectivity index (χ1) is 8.22. The SMILES string of the molecule is C=C(CC)CSc1ccc(O)c2ccccc12. The molecule has 0 atom stereocenters. The Hall–Kier alpha value is -1.41. The van der Waals surface area contributed by atoms with Crippen molar-refractivity contribution in [3.63, 3.8) is 0 Å². The van der Waals surface area contributed by atoms with Gasteiger partial charge in [0.1, 0.15) is 5.75 Å². The van der Waals surface area contributed by atoms with E-state index in [0.29, 0.717) is 5.75 Å². The normalized spacial score (nSPS) is 10.6. The van der Waals surface area contributed by atoms with Gasteiger partial charge < -0.3 is 5.11 Å². The summed E-state index contributed by atoms with van der Waals surface area (Å²) in [5, 5.41) is 11.8. The largest absolute Gasteiger partial charge is 0.507 e. The molecular weight excluding hydrogens is 228 g/mol. The first kappa shape index (κ1) is 12.1. The summed E-state index contributed by atoms with van der Waals surface area (Å²) in [4.78, 5) is 1.20. The first-order valence-corrected chi connectivity index (χ1v) is 6.71. The van der Waals surface area contributed by atoms with Gasteiger partial charge in [-0.3, -0.25) is 0 Å². The van der Waals surface area contributed by atoms with Crippen molar-refractivity contribution in [2.75, 3.05) is 5.75 Å². The van der Waals surface area contributed by atoms with Crippen molar-refractivity contribution in [2.45, 2.75) is 18.2 Å². The third-order valence-corrected chi connectivity index (χ3v) is 4.01. The van der Waals surface area contributed by atoms with Gasteiger partial charge in [0.15, 0.2) is 0 Å². The quantitative estimate of drug-likeness (QED) is 0.626. The monoisotopic (exact) mass is 244 g/mol. The van der Waals surface area contributed by atoms with E-state index in [9.17, 15) is 5.11 Å². The molecule has 0 saturated heterocycles. The lowest BCUT2D eigenvalue weighted by Gasteiger charge is -2.08. The summed E-state index contributed by atoms with van der Waals surface area (Å²) in [7, 11) is 0. The van der Waals surface area contributed by atoms with Crippen LogP contribution in [0.3, 0.4) is 0 Å². The highest BCUT2D eigenvalue weighted by molar-refractivity contribution is 7.99. The molecule has 0 aliphatic carbocycles. The fraction of sp³-hybridized carbons (Fsp3) is 0.200. The Labute approximate surface area is 106 Å². The highest BCUT2D eigenvalue weighted by atomic mass is 32.2. The number of hydrogen-bond acceptors (Lipinski definition) is 2. The molecule has 1 nitrogen and oxygen atoms in total. The third-order valence-electron chi connectivity index (χ3n) is 2.79. The van der Waals surface area contributed by atoms with Crippen LogP contribution in [0.2, 0.25) is 0 Å². The summed E-state index contributed by atoms with van der Waals surface area (Å²) in [6.07, 6.45) is 1.02. The molecule has 0 aliphatic heterocycles. The van der Waals surface area contributed by atoms with Crippen LogP contribution in [0.1, 0.15) is 13.3 Å². The average Bonchev–Trinajstić information content (AvgIpc) is 2.38. The fourth-order valence-electron chi connectivity index (χ4n) is 1.66. The number of hydrogen-bond donors (Lipinski definition) is 1. The van der Waals surface area contributed by atoms with Crippen LogP contribution in [0.15, 0.2) is 53.4 Å². The van der Waals surface area contributed by atoms with E-state index < -0.39 is 0 Å². The molecule has 0 unspecified atom stereocenters. The predicted molar refractivity (Wildman–Crippen MR) is 75.8 cm³/mol. The van der Waals surface area contributed by atoms with Gasteiger partial charge in [-0.05, 0) is 23.9 Å². The molecule has 2 aromatic rings. The van der Waals surface area contributed by atoms with E-state index in [-0.39, 0.29) is 0 Å². The van der Waals surface area contributed by atoms with Gasteiger partial charge in [-0.1, -0.05) is 43.3 Å². The number of phenolic OH excluding ortho intramolecular Hbond substituents is 1. The van der Waals surface area contributed by atoms with E-state index in [0.717, 1.165) is 22.9 Å². The van der Waals surface area contributed by atoms with Gasteiger partial charge in [0, 0.05) is 16.0 Å². The van der Waals surface area contributed by atoms with E-state index >= 15 is 0 Å². The summed E-state index contributed by atoms with van der Waals surface area (Å²) in [5.41, 5.74) is 1.24. The maximum Gasteiger partial charge on any atom is 0.123 e. The van der Waals surface area contributed by atoms with Crippen molar-refractivity contribution in [1.29, 1.82) is 0 Å². The second-order valence-electron chi connectivity index (χ2n) is 4.02. The molecular formula is C15H16OS. The molecule has 0 heterocycles. The summed E-state index contributed by atoms with van der Waals surface area (Å²) in [5.74, 6) is 1.28. The van der Waals surface area contributed by atoms with Crippen LogP contribution in [0.25, 0.3) is 10.8 Å². The molecule has 0 spiro atoms. The minimum atomic E-state index is 0.347. The Morgan fingerprint density at radius 1 is 1.18 bits per heavy atom. The molecule has 2 heteroatoms. The Morgan fingerprint density at radius 2 is 1.88 bits per heavy atom. The number of thioether (sulfide) groups is 1. The van der Waals surface area contributed by atoms with Crippen molar-refractivity contribution in [1.82, 2.24) is 0 Å². The van der Waals surface area contributed by atoms with Gasteiger partial charge in [-0.2, -0.15) is 0 Å². The van der Waals surface area contributed by atoms with E-state index in [4.69, 9.17) is 0 Å². The van der Waals surface area contributed by atoms with Gasteiger partial charge in [0.2, 0.25) is 0 Å². The number of aromatic hydroxyl groups is 1. The van der Waals surface area contributed by atoms with Crippen LogP contribution >= 0.6 is 11.8 Å². The van der Waals surface area contributed by atoms with Crippen LogP contribution in [0, 0.1) is 0 Å². The lowest BCUT2D eigenvalue weighted by molar-refractivity contribution is 0.481. The molecule has 0 radical (unpaired) electrons. The van der Waals surface area contributed by atoms with Crippen molar-refractivity contribution in [3.05, 3.63) is 48.6 Å². The third kappa shape index (κ3) is 2.64. The van der Waals surface area contributed by atoms with Gasteiger partial charge >= 0.3 is 0 Å². The predicted octanol–water partition coefficient (Wildman–Crippen LogP) is 4.60. The lowest BCUT2D eigenvalue weighted by Crippen LogP contribution is -1.84. The highest BCUT2D eigenvalue weighted by Gasteiger charge is 2.05. The van der Waals surface area contributed by atoms with Crippen LogP contribution in [-0.2, 0) is 0 Å². The fourth-order valence-corrected chi connectivity index (χ4v) is 2.72. The van der Waals surface area contributed by atoms with Crippen molar-refractivity contribution in [2.24, 2.45) is 0 Å². The molecule has 1 N–H and O–H groups in total. The van der Waals surface area contributed by atoms with E-state index in [1.165, 1.54) is 10.5 Å². The number of phenols is 1. The van der Waals surface area contributed by atoms with E-state index in [2.05, 4.69) is 13.5 Å². The molecule has 17 heavy (non-hydrogen) atoms. The molecule has 0 amide bonds. The summed E-state index contributed by atoms with van der Waals surface area (Å²) in [6.45, 7) is 6.14. The first-order valence-electron chi connectivity index (χ1n) is 5.72. The van der Waals surface area contributed by atoms with Gasteiger partial charge in [0.05, 0.1) is 0 Å². The highest BCUT2D eigenvalue weighted by Crippen LogP contribution is 2.33. The van der Waals surface area contributed by atoms with Gasteiger partial charge in [-0.25, -0.2) is 0 Å². The minimum Gasteiger partial charge on any atom is -0.507 e. The Kier molecular flexibility index (Phi) is 3.75. The van der Waals surface area contributed by atoms with Crippen LogP contribution < -0.4 is 0 Å². The molecule has 2 rings (SSSR count). The van der Waals surface area contributed by atoms with Gasteiger partial charge in [-0.15, -0.1) is 11.8 Å². The van der Waals surface area contributed by atoms with E-state index in [1.54, 1.807) is 17.8 Å². The van der Waals surface area contributed by atoms with Crippen LogP contribution in [0.4, 0.5) is 0 Å². The Balaban J connectivity index is 2.35. The molecule has 88 valence electrons. The molecule has 2 aromatic carbocycles. The zero-order valence-electron chi connectivity index (χ0n) is 9.94. The maximum absolute atomic E-state index is 9.79. The maximum atomic E-state index is 9.79. The molecule has 0 aliphatic rings. The topological polar surface area (TPSA) is 20.2 Å². The van der Waals surface area contributed by atoms with Crippen LogP contribution in [0.5, 0.6) is 5.75 Å². The molecule has 0 saturated carbocycles. The van der Waals surface area contributed by atoms with Crippen molar-refractivity contribution < 1.29 is 5.11 Å². The second kappa shape index (κ2) is 5.28. The van der Waals surface area contributed by atoms with Crippen molar-refractivity contribution >= 4 is 22.5 Å².